The summed E-state index contributed by atoms with van der Waals surface area (Å²) < 4.78 is 0. The summed E-state index contributed by atoms with van der Waals surface area (Å²) in [6, 6.07) is 3.18. The summed E-state index contributed by atoms with van der Waals surface area (Å²) in [5, 5.41) is 6.57. The zero-order valence-corrected chi connectivity index (χ0v) is 12.0. The van der Waals surface area contributed by atoms with E-state index < -0.39 is 0 Å². The molecule has 1 aromatic heterocycles. The first-order valence-corrected chi connectivity index (χ1v) is 6.73. The van der Waals surface area contributed by atoms with E-state index in [2.05, 4.69) is 15.3 Å². The summed E-state index contributed by atoms with van der Waals surface area (Å²) in [6.07, 6.45) is 2.35. The highest BCUT2D eigenvalue weighted by Gasteiger charge is 2.28. The molecular formula is C14H17N5O2. The van der Waals surface area contributed by atoms with Gasteiger partial charge in [-0.15, -0.1) is 5.10 Å². The molecule has 110 valence electrons. The highest BCUT2D eigenvalue weighted by molar-refractivity contribution is 6.01. The maximum absolute atomic E-state index is 12.5. The number of carbonyl (C=O) groups is 2. The second-order valence-electron chi connectivity index (χ2n) is 5.06. The van der Waals surface area contributed by atoms with E-state index in [9.17, 15) is 9.59 Å². The first kappa shape index (κ1) is 15.0. The molecular weight excluding hydrogens is 270 g/mol. The molecule has 1 aliphatic heterocycles. The molecule has 2 rings (SSSR count). The van der Waals surface area contributed by atoms with Gasteiger partial charge in [0, 0.05) is 37.2 Å². The normalized spacial score (nSPS) is 19.5. The number of ketones is 1. The lowest BCUT2D eigenvalue weighted by Gasteiger charge is -2.32. The summed E-state index contributed by atoms with van der Waals surface area (Å²) in [4.78, 5) is 29.8. The average Bonchev–Trinajstić information content (AvgIpc) is 2.47. The molecule has 21 heavy (non-hydrogen) atoms. The number of hydrogen-bond donors (Lipinski definition) is 1. The molecule has 1 atom stereocenters. The highest BCUT2D eigenvalue weighted by Crippen LogP contribution is 2.17. The quantitative estimate of drug-likeness (QED) is 0.523. The lowest BCUT2D eigenvalue weighted by Crippen LogP contribution is -2.44. The number of amides is 1. The van der Waals surface area contributed by atoms with Gasteiger partial charge in [0.05, 0.1) is 11.4 Å². The molecule has 1 saturated heterocycles. The largest absolute Gasteiger partial charge is 0.335 e. The fourth-order valence-corrected chi connectivity index (χ4v) is 2.36. The molecule has 1 fully saturated rings. The standard InChI is InChI=1S/C14H17N5O2/c1-9-7-12(20)4-6-19(9)14(21)11-3-5-16-13(8-11)10(2)17-18-15/h3,5,8-9,15H,4,6-7H2,1-2H3/b17-10+,18-15?/t9-/m1/s1. The van der Waals surface area contributed by atoms with E-state index >= 15 is 0 Å². The van der Waals surface area contributed by atoms with Crippen LogP contribution >= 0.6 is 0 Å². The predicted octanol–water partition coefficient (Wildman–Crippen LogP) is 2.03. The maximum atomic E-state index is 12.5. The van der Waals surface area contributed by atoms with Crippen LogP contribution in [0.5, 0.6) is 0 Å². The van der Waals surface area contributed by atoms with Crippen LogP contribution in [0.25, 0.3) is 0 Å². The van der Waals surface area contributed by atoms with Crippen LogP contribution in [-0.4, -0.2) is 39.9 Å². The van der Waals surface area contributed by atoms with E-state index in [-0.39, 0.29) is 17.7 Å². The van der Waals surface area contributed by atoms with Gasteiger partial charge < -0.3 is 4.90 Å². The Hall–Kier alpha value is -2.44. The van der Waals surface area contributed by atoms with Gasteiger partial charge in [-0.2, -0.15) is 5.53 Å². The van der Waals surface area contributed by atoms with Crippen LogP contribution in [0.2, 0.25) is 0 Å². The molecule has 7 nitrogen and oxygen atoms in total. The predicted molar refractivity (Wildman–Crippen MR) is 76.3 cm³/mol. The Morgan fingerprint density at radius 1 is 1.52 bits per heavy atom. The Morgan fingerprint density at radius 3 is 2.95 bits per heavy atom. The average molecular weight is 287 g/mol. The molecule has 1 aromatic rings. The van der Waals surface area contributed by atoms with Gasteiger partial charge in [-0.1, -0.05) is 5.22 Å². The second-order valence-corrected chi connectivity index (χ2v) is 5.06. The Bertz CT molecular complexity index is 611. The molecule has 0 bridgehead atoms. The lowest BCUT2D eigenvalue weighted by atomic mass is 10.0. The van der Waals surface area contributed by atoms with E-state index in [0.717, 1.165) is 0 Å². The molecule has 1 aliphatic rings. The number of rotatable bonds is 3. The number of pyridine rings is 1. The van der Waals surface area contributed by atoms with Crippen LogP contribution < -0.4 is 0 Å². The topological polar surface area (TPSA) is 98.8 Å². The lowest BCUT2D eigenvalue weighted by molar-refractivity contribution is -0.122. The number of Topliss-reactive ketones (excluding diaryl/α,β-unsaturated/α-hetero) is 1. The van der Waals surface area contributed by atoms with Crippen molar-refractivity contribution < 1.29 is 9.59 Å². The number of nitrogens with zero attached hydrogens (tertiary/aromatic N) is 4. The van der Waals surface area contributed by atoms with Gasteiger partial charge in [-0.25, -0.2) is 0 Å². The summed E-state index contributed by atoms with van der Waals surface area (Å²) in [7, 11) is 0. The minimum absolute atomic E-state index is 0.0895. The number of piperidine rings is 1. The van der Waals surface area contributed by atoms with Gasteiger partial charge in [0.2, 0.25) is 0 Å². The first-order chi connectivity index (χ1) is 10.0. The maximum Gasteiger partial charge on any atom is 0.254 e. The zero-order chi connectivity index (χ0) is 15.4. The van der Waals surface area contributed by atoms with Crippen LogP contribution in [-0.2, 0) is 4.79 Å². The van der Waals surface area contributed by atoms with E-state index in [0.29, 0.717) is 36.4 Å². The van der Waals surface area contributed by atoms with Crippen molar-refractivity contribution in [2.24, 2.45) is 10.3 Å². The van der Waals surface area contributed by atoms with Crippen molar-refractivity contribution in [3.8, 4) is 0 Å². The van der Waals surface area contributed by atoms with Gasteiger partial charge >= 0.3 is 0 Å². The Kier molecular flexibility index (Phi) is 4.52. The van der Waals surface area contributed by atoms with Gasteiger partial charge in [0.25, 0.3) is 5.91 Å². The number of hydrogen-bond acceptors (Lipinski definition) is 5. The molecule has 7 heteroatoms. The highest BCUT2D eigenvalue weighted by atomic mass is 16.2. The van der Waals surface area contributed by atoms with Crippen LogP contribution in [0.4, 0.5) is 0 Å². The molecule has 0 unspecified atom stereocenters. The van der Waals surface area contributed by atoms with Crippen molar-refractivity contribution in [3.63, 3.8) is 0 Å². The van der Waals surface area contributed by atoms with E-state index in [1.165, 1.54) is 6.20 Å². The molecule has 0 saturated carbocycles. The minimum atomic E-state index is -0.116. The van der Waals surface area contributed by atoms with Gasteiger partial charge in [-0.3, -0.25) is 14.6 Å². The monoisotopic (exact) mass is 287 g/mol. The fourth-order valence-electron chi connectivity index (χ4n) is 2.36. The summed E-state index contributed by atoms with van der Waals surface area (Å²) >= 11 is 0. The van der Waals surface area contributed by atoms with Crippen LogP contribution in [0.1, 0.15) is 42.7 Å². The van der Waals surface area contributed by atoms with Gasteiger partial charge in [0.15, 0.2) is 0 Å². The fraction of sp³-hybridized carbons (Fsp3) is 0.429. The van der Waals surface area contributed by atoms with Crippen molar-refractivity contribution in [2.75, 3.05) is 6.54 Å². The Labute approximate surface area is 122 Å². The molecule has 0 aliphatic carbocycles. The SMILES string of the molecule is C/C(=N\N=N)c1cc(C(=O)N2CCC(=O)C[C@H]2C)ccn1. The third kappa shape index (κ3) is 3.36. The van der Waals surface area contributed by atoms with Crippen molar-refractivity contribution in [3.05, 3.63) is 29.6 Å². The van der Waals surface area contributed by atoms with E-state index in [1.54, 1.807) is 24.0 Å². The Balaban J connectivity index is 2.23. The van der Waals surface area contributed by atoms with E-state index in [1.807, 2.05) is 6.92 Å². The number of likely N-dealkylation sites (tertiary alicyclic amines) is 1. The molecule has 2 heterocycles. The zero-order valence-electron chi connectivity index (χ0n) is 12.0. The van der Waals surface area contributed by atoms with Crippen molar-refractivity contribution in [2.45, 2.75) is 32.7 Å². The third-order valence-electron chi connectivity index (χ3n) is 3.53. The van der Waals surface area contributed by atoms with Crippen LogP contribution in [0.15, 0.2) is 28.7 Å². The van der Waals surface area contributed by atoms with Crippen molar-refractivity contribution in [1.82, 2.24) is 9.88 Å². The van der Waals surface area contributed by atoms with E-state index in [4.69, 9.17) is 5.53 Å². The molecule has 1 N–H and O–H groups in total. The number of nitrogens with one attached hydrogen (secondary N) is 1. The summed E-state index contributed by atoms with van der Waals surface area (Å²) in [6.45, 7) is 4.01. The van der Waals surface area contributed by atoms with Crippen LogP contribution in [0.3, 0.4) is 0 Å². The third-order valence-corrected chi connectivity index (χ3v) is 3.53. The van der Waals surface area contributed by atoms with Crippen LogP contribution in [0, 0.1) is 5.53 Å². The molecule has 1 amide bonds. The molecule has 0 radical (unpaired) electrons. The summed E-state index contributed by atoms with van der Waals surface area (Å²) in [5.74, 6) is 0.0799. The van der Waals surface area contributed by atoms with Crippen molar-refractivity contribution in [1.29, 1.82) is 5.53 Å². The first-order valence-electron chi connectivity index (χ1n) is 6.73. The second kappa shape index (κ2) is 6.34. The van der Waals surface area contributed by atoms with Gasteiger partial charge in [-0.05, 0) is 26.0 Å². The Morgan fingerprint density at radius 2 is 2.29 bits per heavy atom. The number of carbonyl (C=O) groups excluding carboxylic acids is 2. The molecule has 0 spiro atoms. The number of aromatic nitrogens is 1. The minimum Gasteiger partial charge on any atom is -0.335 e. The smallest absolute Gasteiger partial charge is 0.254 e. The summed E-state index contributed by atoms with van der Waals surface area (Å²) in [5.41, 5.74) is 8.21. The van der Waals surface area contributed by atoms with Crippen molar-refractivity contribution >= 4 is 17.4 Å². The molecule has 0 aromatic carbocycles. The van der Waals surface area contributed by atoms with Gasteiger partial charge in [0.1, 0.15) is 5.78 Å².